The van der Waals surface area contributed by atoms with Crippen molar-refractivity contribution in [2.75, 3.05) is 36.4 Å². The van der Waals surface area contributed by atoms with Crippen molar-refractivity contribution in [1.29, 1.82) is 0 Å². The molecule has 0 atom stereocenters. The zero-order valence-electron chi connectivity index (χ0n) is 16.8. The number of benzene rings is 1. The Kier molecular flexibility index (Phi) is 6.86. The first-order valence-electron chi connectivity index (χ1n) is 9.83. The van der Waals surface area contributed by atoms with Crippen molar-refractivity contribution in [2.24, 2.45) is 0 Å². The SMILES string of the molecule is O=C(Nc1ccc(F)c(F)c1F)c1cccnc1SCc1ccnc(N2CCNCC2)n1. The quantitative estimate of drug-likeness (QED) is 0.432. The maximum Gasteiger partial charge on any atom is 0.258 e. The third-order valence-corrected chi connectivity index (χ3v) is 5.80. The maximum absolute atomic E-state index is 13.9. The van der Waals surface area contributed by atoms with Crippen LogP contribution in [0.25, 0.3) is 0 Å². The lowest BCUT2D eigenvalue weighted by Crippen LogP contribution is -2.44. The average molecular weight is 460 g/mol. The summed E-state index contributed by atoms with van der Waals surface area (Å²) in [5.41, 5.74) is 0.491. The highest BCUT2D eigenvalue weighted by atomic mass is 32.2. The van der Waals surface area contributed by atoms with Gasteiger partial charge in [-0.25, -0.2) is 28.1 Å². The standard InChI is InChI=1S/C21H19F3N6OS/c22-15-3-4-16(18(24)17(15)23)29-19(31)14-2-1-6-26-20(14)32-12-13-5-7-27-21(28-13)30-10-8-25-9-11-30/h1-7,25H,8-12H2,(H,29,31). The van der Waals surface area contributed by atoms with Gasteiger partial charge in [0.15, 0.2) is 17.5 Å². The van der Waals surface area contributed by atoms with E-state index in [9.17, 15) is 18.0 Å². The fourth-order valence-electron chi connectivity index (χ4n) is 3.12. The molecule has 2 aromatic heterocycles. The van der Waals surface area contributed by atoms with Gasteiger partial charge in [0, 0.05) is 44.3 Å². The number of carbonyl (C=O) groups excluding carboxylic acids is 1. The first-order chi connectivity index (χ1) is 15.5. The Hall–Kier alpha value is -3.18. The summed E-state index contributed by atoms with van der Waals surface area (Å²) in [6, 6.07) is 6.59. The van der Waals surface area contributed by atoms with Crippen LogP contribution in [0, 0.1) is 17.5 Å². The normalized spacial score (nSPS) is 13.8. The molecule has 0 saturated carbocycles. The highest BCUT2D eigenvalue weighted by Gasteiger charge is 2.19. The van der Waals surface area contributed by atoms with E-state index in [1.807, 2.05) is 0 Å². The van der Waals surface area contributed by atoms with Gasteiger partial charge >= 0.3 is 0 Å². The maximum atomic E-state index is 13.9. The molecule has 1 saturated heterocycles. The molecule has 1 aromatic carbocycles. The fourth-order valence-corrected chi connectivity index (χ4v) is 4.01. The van der Waals surface area contributed by atoms with Crippen LogP contribution < -0.4 is 15.5 Å². The molecule has 166 valence electrons. The van der Waals surface area contributed by atoms with E-state index in [1.54, 1.807) is 18.3 Å². The van der Waals surface area contributed by atoms with Crippen LogP contribution >= 0.6 is 11.8 Å². The lowest BCUT2D eigenvalue weighted by atomic mass is 10.2. The Morgan fingerprint density at radius 3 is 2.69 bits per heavy atom. The summed E-state index contributed by atoms with van der Waals surface area (Å²) in [5.74, 6) is -4.04. The minimum absolute atomic E-state index is 0.179. The van der Waals surface area contributed by atoms with Gasteiger partial charge in [0.25, 0.3) is 5.91 Å². The van der Waals surface area contributed by atoms with Gasteiger partial charge in [-0.3, -0.25) is 4.79 Å². The summed E-state index contributed by atoms with van der Waals surface area (Å²) in [5, 5.41) is 5.95. The lowest BCUT2D eigenvalue weighted by Gasteiger charge is -2.27. The first kappa shape index (κ1) is 22.0. The minimum Gasteiger partial charge on any atom is -0.338 e. The number of nitrogens with zero attached hydrogens (tertiary/aromatic N) is 4. The number of anilines is 2. The molecule has 3 aromatic rings. The van der Waals surface area contributed by atoms with Crippen LogP contribution in [0.4, 0.5) is 24.8 Å². The number of hydrogen-bond acceptors (Lipinski definition) is 7. The third kappa shape index (κ3) is 5.00. The van der Waals surface area contributed by atoms with Gasteiger partial charge in [0.2, 0.25) is 5.95 Å². The van der Waals surface area contributed by atoms with Crippen molar-refractivity contribution in [3.63, 3.8) is 0 Å². The zero-order valence-corrected chi connectivity index (χ0v) is 17.6. The second-order valence-corrected chi connectivity index (χ2v) is 7.87. The molecule has 0 unspecified atom stereocenters. The molecule has 0 spiro atoms. The Morgan fingerprint density at radius 1 is 1.06 bits per heavy atom. The van der Waals surface area contributed by atoms with Gasteiger partial charge in [-0.2, -0.15) is 0 Å². The number of halogens is 3. The van der Waals surface area contributed by atoms with Crippen molar-refractivity contribution in [3.05, 3.63) is 71.4 Å². The van der Waals surface area contributed by atoms with Crippen molar-refractivity contribution >= 4 is 29.3 Å². The van der Waals surface area contributed by atoms with E-state index in [0.29, 0.717) is 16.7 Å². The van der Waals surface area contributed by atoms with Crippen LogP contribution in [0.2, 0.25) is 0 Å². The highest BCUT2D eigenvalue weighted by molar-refractivity contribution is 7.98. The molecule has 4 rings (SSSR count). The molecule has 1 aliphatic rings. The van der Waals surface area contributed by atoms with E-state index in [-0.39, 0.29) is 5.56 Å². The average Bonchev–Trinajstić information content (AvgIpc) is 2.84. The first-order valence-corrected chi connectivity index (χ1v) is 10.8. The molecule has 3 heterocycles. The smallest absolute Gasteiger partial charge is 0.258 e. The number of thioether (sulfide) groups is 1. The van der Waals surface area contributed by atoms with E-state index >= 15 is 0 Å². The number of carbonyl (C=O) groups is 1. The van der Waals surface area contributed by atoms with Gasteiger partial charge < -0.3 is 15.5 Å². The predicted octanol–water partition coefficient (Wildman–Crippen LogP) is 3.24. The van der Waals surface area contributed by atoms with Crippen molar-refractivity contribution in [3.8, 4) is 0 Å². The highest BCUT2D eigenvalue weighted by Crippen LogP contribution is 2.26. The largest absolute Gasteiger partial charge is 0.338 e. The molecular weight excluding hydrogens is 441 g/mol. The summed E-state index contributed by atoms with van der Waals surface area (Å²) in [6.07, 6.45) is 3.22. The lowest BCUT2D eigenvalue weighted by molar-refractivity contribution is 0.102. The Labute approximate surface area is 186 Å². The van der Waals surface area contributed by atoms with Crippen LogP contribution in [0.1, 0.15) is 16.1 Å². The van der Waals surface area contributed by atoms with E-state index in [1.165, 1.54) is 24.0 Å². The minimum atomic E-state index is -1.65. The van der Waals surface area contributed by atoms with E-state index < -0.39 is 29.0 Å². The summed E-state index contributed by atoms with van der Waals surface area (Å²) in [6.45, 7) is 3.38. The molecule has 1 aliphatic heterocycles. The molecular formula is C21H19F3N6OS. The van der Waals surface area contributed by atoms with Crippen LogP contribution in [0.5, 0.6) is 0 Å². The van der Waals surface area contributed by atoms with Crippen LogP contribution in [-0.2, 0) is 5.75 Å². The molecule has 11 heteroatoms. The van der Waals surface area contributed by atoms with Crippen LogP contribution in [0.3, 0.4) is 0 Å². The summed E-state index contributed by atoms with van der Waals surface area (Å²) in [4.78, 5) is 27.9. The van der Waals surface area contributed by atoms with Gasteiger partial charge in [-0.1, -0.05) is 11.8 Å². The van der Waals surface area contributed by atoms with Gasteiger partial charge in [0.1, 0.15) is 5.03 Å². The van der Waals surface area contributed by atoms with Gasteiger partial charge in [-0.15, -0.1) is 0 Å². The predicted molar refractivity (Wildman–Crippen MR) is 115 cm³/mol. The monoisotopic (exact) mass is 460 g/mol. The topological polar surface area (TPSA) is 83.0 Å². The van der Waals surface area contributed by atoms with Crippen molar-refractivity contribution < 1.29 is 18.0 Å². The van der Waals surface area contributed by atoms with Crippen molar-refractivity contribution in [2.45, 2.75) is 10.8 Å². The number of aromatic nitrogens is 3. The summed E-state index contributed by atoms with van der Waals surface area (Å²) < 4.78 is 40.5. The summed E-state index contributed by atoms with van der Waals surface area (Å²) in [7, 11) is 0. The number of pyridine rings is 1. The number of piperazine rings is 1. The third-order valence-electron chi connectivity index (χ3n) is 4.76. The fraction of sp³-hybridized carbons (Fsp3) is 0.238. The Morgan fingerprint density at radius 2 is 1.88 bits per heavy atom. The molecule has 7 nitrogen and oxygen atoms in total. The second-order valence-electron chi connectivity index (χ2n) is 6.91. The number of hydrogen-bond donors (Lipinski definition) is 2. The molecule has 0 radical (unpaired) electrons. The zero-order chi connectivity index (χ0) is 22.5. The van der Waals surface area contributed by atoms with Crippen LogP contribution in [0.15, 0.2) is 47.8 Å². The van der Waals surface area contributed by atoms with E-state index in [2.05, 4.69) is 30.5 Å². The molecule has 1 fully saturated rings. The van der Waals surface area contributed by atoms with Gasteiger partial charge in [0.05, 0.1) is 16.9 Å². The van der Waals surface area contributed by atoms with Crippen molar-refractivity contribution in [1.82, 2.24) is 20.3 Å². The Bertz CT molecular complexity index is 1130. The molecule has 0 aliphatic carbocycles. The van der Waals surface area contributed by atoms with E-state index in [0.717, 1.165) is 44.0 Å². The Balaban J connectivity index is 1.47. The second kappa shape index (κ2) is 9.96. The molecule has 2 N–H and O–H groups in total. The van der Waals surface area contributed by atoms with E-state index in [4.69, 9.17) is 0 Å². The number of rotatable bonds is 6. The summed E-state index contributed by atoms with van der Waals surface area (Å²) >= 11 is 1.28. The van der Waals surface area contributed by atoms with Crippen LogP contribution in [-0.4, -0.2) is 47.0 Å². The van der Waals surface area contributed by atoms with Gasteiger partial charge in [-0.05, 0) is 30.3 Å². The number of nitrogens with one attached hydrogen (secondary N) is 2. The number of amides is 1. The molecule has 0 bridgehead atoms. The molecule has 1 amide bonds. The molecule has 32 heavy (non-hydrogen) atoms.